The molecule has 0 aliphatic carbocycles. The zero-order chi connectivity index (χ0) is 18.9. The summed E-state index contributed by atoms with van der Waals surface area (Å²) in [6, 6.07) is 13.3. The Hall–Kier alpha value is -2.03. The van der Waals surface area contributed by atoms with Gasteiger partial charge in [-0.2, -0.15) is 5.10 Å². The van der Waals surface area contributed by atoms with Crippen molar-refractivity contribution in [2.24, 2.45) is 0 Å². The molecule has 2 saturated heterocycles. The van der Waals surface area contributed by atoms with Crippen molar-refractivity contribution < 1.29 is 8.42 Å². The minimum atomic E-state index is -2.85. The van der Waals surface area contributed by atoms with Crippen molar-refractivity contribution in [1.29, 1.82) is 0 Å². The molecule has 1 aromatic heterocycles. The Balaban J connectivity index is 1.40. The van der Waals surface area contributed by atoms with Gasteiger partial charge in [-0.1, -0.05) is 30.3 Å². The summed E-state index contributed by atoms with van der Waals surface area (Å²) in [4.78, 5) is 16.7. The highest BCUT2D eigenvalue weighted by molar-refractivity contribution is 7.91. The summed E-state index contributed by atoms with van der Waals surface area (Å²) >= 11 is 0. The lowest BCUT2D eigenvalue weighted by Crippen LogP contribution is -2.51. The number of hydrogen-bond donors (Lipinski definition) is 0. The molecule has 144 valence electrons. The van der Waals surface area contributed by atoms with Crippen molar-refractivity contribution in [2.45, 2.75) is 19.1 Å². The fourth-order valence-corrected chi connectivity index (χ4v) is 5.60. The van der Waals surface area contributed by atoms with Crippen LogP contribution in [0.4, 0.5) is 0 Å². The van der Waals surface area contributed by atoms with Gasteiger partial charge in [-0.15, -0.1) is 0 Å². The van der Waals surface area contributed by atoms with E-state index in [9.17, 15) is 13.2 Å². The van der Waals surface area contributed by atoms with Crippen molar-refractivity contribution in [1.82, 2.24) is 19.6 Å². The molecular formula is C19H24N4O3S. The summed E-state index contributed by atoms with van der Waals surface area (Å²) in [5, 5.41) is 4.52. The Kier molecular flexibility index (Phi) is 5.12. The Morgan fingerprint density at radius 1 is 1.00 bits per heavy atom. The van der Waals surface area contributed by atoms with Gasteiger partial charge in [0.1, 0.15) is 0 Å². The topological polar surface area (TPSA) is 75.5 Å². The van der Waals surface area contributed by atoms with Crippen molar-refractivity contribution in [3.63, 3.8) is 0 Å². The molecule has 1 aromatic carbocycles. The third-order valence-electron chi connectivity index (χ3n) is 5.40. The normalized spacial score (nSPS) is 23.5. The van der Waals surface area contributed by atoms with Gasteiger partial charge in [0.2, 0.25) is 0 Å². The molecule has 1 atom stereocenters. The average Bonchev–Trinajstić information content (AvgIpc) is 3.05. The molecule has 0 spiro atoms. The lowest BCUT2D eigenvalue weighted by molar-refractivity contribution is 0.0800. The summed E-state index contributed by atoms with van der Waals surface area (Å²) in [6.45, 7) is 3.72. The first-order chi connectivity index (χ1) is 13.0. The van der Waals surface area contributed by atoms with Crippen LogP contribution < -0.4 is 5.56 Å². The molecule has 7 nitrogen and oxygen atoms in total. The van der Waals surface area contributed by atoms with Gasteiger partial charge in [-0.05, 0) is 12.5 Å². The maximum atomic E-state index is 12.2. The standard InChI is InChI=1S/C19H24N4O3S/c24-19-7-6-18(16-4-2-1-3-5-16)20-23(19)15-21-9-11-22(12-10-21)17-8-13-27(25,26)14-17/h1-7,17H,8-15H2/t17-/m1/s1. The maximum absolute atomic E-state index is 12.2. The number of benzene rings is 1. The SMILES string of the molecule is O=c1ccc(-c2ccccc2)nn1CN1CCN([C@@H]2CCS(=O)(=O)C2)CC1. The van der Waals surface area contributed by atoms with Gasteiger partial charge >= 0.3 is 0 Å². The summed E-state index contributed by atoms with van der Waals surface area (Å²) < 4.78 is 24.9. The molecule has 0 amide bonds. The highest BCUT2D eigenvalue weighted by Gasteiger charge is 2.33. The van der Waals surface area contributed by atoms with Crippen LogP contribution in [0.3, 0.4) is 0 Å². The largest absolute Gasteiger partial charge is 0.297 e. The first-order valence-electron chi connectivity index (χ1n) is 9.31. The highest BCUT2D eigenvalue weighted by atomic mass is 32.2. The van der Waals surface area contributed by atoms with E-state index in [1.165, 1.54) is 4.68 Å². The van der Waals surface area contributed by atoms with E-state index in [1.54, 1.807) is 12.1 Å². The van der Waals surface area contributed by atoms with E-state index >= 15 is 0 Å². The fraction of sp³-hybridized carbons (Fsp3) is 0.474. The Morgan fingerprint density at radius 2 is 1.74 bits per heavy atom. The average molecular weight is 388 g/mol. The zero-order valence-electron chi connectivity index (χ0n) is 15.2. The van der Waals surface area contributed by atoms with Crippen LogP contribution in [0.15, 0.2) is 47.3 Å². The van der Waals surface area contributed by atoms with E-state index in [2.05, 4.69) is 14.9 Å². The third kappa shape index (κ3) is 4.28. The zero-order valence-corrected chi connectivity index (χ0v) is 16.0. The second-order valence-electron chi connectivity index (χ2n) is 7.27. The lowest BCUT2D eigenvalue weighted by atomic mass is 10.1. The van der Waals surface area contributed by atoms with Gasteiger partial charge in [0.05, 0.1) is 23.9 Å². The van der Waals surface area contributed by atoms with Gasteiger partial charge in [0.25, 0.3) is 5.56 Å². The second kappa shape index (κ2) is 7.53. The van der Waals surface area contributed by atoms with E-state index in [4.69, 9.17) is 0 Å². The minimum absolute atomic E-state index is 0.112. The van der Waals surface area contributed by atoms with Crippen LogP contribution in [0, 0.1) is 0 Å². The van der Waals surface area contributed by atoms with E-state index in [-0.39, 0.29) is 17.4 Å². The third-order valence-corrected chi connectivity index (χ3v) is 7.15. The number of aromatic nitrogens is 2. The molecule has 0 bridgehead atoms. The van der Waals surface area contributed by atoms with Gasteiger partial charge in [0, 0.05) is 43.9 Å². The van der Waals surface area contributed by atoms with E-state index in [1.807, 2.05) is 30.3 Å². The molecule has 0 radical (unpaired) electrons. The van der Waals surface area contributed by atoms with Crippen molar-refractivity contribution in [2.75, 3.05) is 37.7 Å². The van der Waals surface area contributed by atoms with E-state index in [0.29, 0.717) is 12.4 Å². The smallest absolute Gasteiger partial charge is 0.268 e. The van der Waals surface area contributed by atoms with E-state index in [0.717, 1.165) is 43.9 Å². The van der Waals surface area contributed by atoms with Crippen LogP contribution in [0.2, 0.25) is 0 Å². The molecule has 2 aliphatic rings. The molecular weight excluding hydrogens is 364 g/mol. The summed E-state index contributed by atoms with van der Waals surface area (Å²) in [7, 11) is -2.85. The molecule has 3 heterocycles. The second-order valence-corrected chi connectivity index (χ2v) is 9.50. The predicted molar refractivity (Wildman–Crippen MR) is 104 cm³/mol. The fourth-order valence-electron chi connectivity index (χ4n) is 3.84. The van der Waals surface area contributed by atoms with Crippen molar-refractivity contribution in [3.8, 4) is 11.3 Å². The molecule has 2 aromatic rings. The lowest BCUT2D eigenvalue weighted by Gasteiger charge is -2.37. The molecule has 27 heavy (non-hydrogen) atoms. The minimum Gasteiger partial charge on any atom is -0.297 e. The number of hydrogen-bond acceptors (Lipinski definition) is 6. The van der Waals surface area contributed by atoms with Gasteiger partial charge < -0.3 is 0 Å². The van der Waals surface area contributed by atoms with Crippen LogP contribution in [0.5, 0.6) is 0 Å². The van der Waals surface area contributed by atoms with Crippen LogP contribution in [0.25, 0.3) is 11.3 Å². The predicted octanol–water partition coefficient (Wildman–Crippen LogP) is 0.672. The first-order valence-corrected chi connectivity index (χ1v) is 11.1. The van der Waals surface area contributed by atoms with Gasteiger partial charge in [-0.25, -0.2) is 13.1 Å². The molecule has 8 heteroatoms. The Bertz CT molecular complexity index is 950. The highest BCUT2D eigenvalue weighted by Crippen LogP contribution is 2.19. The number of nitrogens with zero attached hydrogens (tertiary/aromatic N) is 4. The van der Waals surface area contributed by atoms with Crippen molar-refractivity contribution >= 4 is 9.84 Å². The molecule has 4 rings (SSSR count). The van der Waals surface area contributed by atoms with Crippen molar-refractivity contribution in [3.05, 3.63) is 52.8 Å². The van der Waals surface area contributed by atoms with Gasteiger partial charge in [-0.3, -0.25) is 14.6 Å². The van der Waals surface area contributed by atoms with E-state index < -0.39 is 9.84 Å². The quantitative estimate of drug-likeness (QED) is 0.767. The molecule has 2 aliphatic heterocycles. The monoisotopic (exact) mass is 388 g/mol. The Labute approximate surface area is 159 Å². The molecule has 0 unspecified atom stereocenters. The summed E-state index contributed by atoms with van der Waals surface area (Å²) in [5.41, 5.74) is 1.66. The van der Waals surface area contributed by atoms with Crippen LogP contribution in [-0.2, 0) is 16.5 Å². The van der Waals surface area contributed by atoms with Gasteiger partial charge in [0.15, 0.2) is 9.84 Å². The number of piperazine rings is 1. The maximum Gasteiger partial charge on any atom is 0.268 e. The molecule has 0 saturated carbocycles. The summed E-state index contributed by atoms with van der Waals surface area (Å²) in [5.74, 6) is 0.594. The van der Waals surface area contributed by atoms with Crippen LogP contribution in [-0.4, -0.2) is 71.7 Å². The van der Waals surface area contributed by atoms with Crippen LogP contribution in [0.1, 0.15) is 6.42 Å². The van der Waals surface area contributed by atoms with Crippen LogP contribution >= 0.6 is 0 Å². The Morgan fingerprint density at radius 3 is 2.41 bits per heavy atom. The summed E-state index contributed by atoms with van der Waals surface area (Å²) in [6.07, 6.45) is 0.739. The molecule has 0 N–H and O–H groups in total. The first kappa shape index (κ1) is 18.3. The molecule has 2 fully saturated rings. The number of rotatable bonds is 4. The number of sulfone groups is 1.